The number of aliphatic hydroxyl groups is 1. The minimum absolute atomic E-state index is 0.448. The molecule has 1 N–H and O–H groups in total. The molecule has 0 fully saturated rings. The second-order valence-corrected chi connectivity index (χ2v) is 3.02. The third-order valence-corrected chi connectivity index (χ3v) is 1.64. The minimum Gasteiger partial charge on any atom is -0.381 e. The van der Waals surface area contributed by atoms with Crippen LogP contribution in [0.25, 0.3) is 0 Å². The molecule has 0 saturated heterocycles. The molecule has 80 valence electrons. The van der Waals surface area contributed by atoms with Gasteiger partial charge in [0.2, 0.25) is 0 Å². The fourth-order valence-corrected chi connectivity index (χ4v) is 0.930. The van der Waals surface area contributed by atoms with Gasteiger partial charge in [-0.25, -0.2) is 0 Å². The number of alkyl halides is 3. The topological polar surface area (TPSA) is 20.2 Å². The van der Waals surface area contributed by atoms with Gasteiger partial charge in [-0.15, -0.1) is 0 Å². The average Bonchev–Trinajstić information content (AvgIpc) is 2.14. The Labute approximate surface area is 85.5 Å². The fraction of sp³-hybridized carbons (Fsp3) is 0.273. The Balaban J connectivity index is 2.88. The smallest absolute Gasteiger partial charge is 0.381 e. The van der Waals surface area contributed by atoms with Gasteiger partial charge in [-0.3, -0.25) is 0 Å². The molecule has 0 amide bonds. The molecular weight excluding hydrogens is 205 g/mol. The summed E-state index contributed by atoms with van der Waals surface area (Å²) in [5, 5.41) is 8.84. The van der Waals surface area contributed by atoms with Crippen LogP contribution in [0.1, 0.15) is 18.1 Å². The second-order valence-electron chi connectivity index (χ2n) is 3.02. The van der Waals surface area contributed by atoms with Crippen molar-refractivity contribution in [3.8, 4) is 11.8 Å². The largest absolute Gasteiger partial charge is 0.416 e. The molecule has 0 bridgehead atoms. The van der Waals surface area contributed by atoms with Crippen LogP contribution >= 0.6 is 0 Å². The zero-order chi connectivity index (χ0) is 11.5. The molecule has 4 heteroatoms. The van der Waals surface area contributed by atoms with E-state index in [-0.39, 0.29) is 0 Å². The lowest BCUT2D eigenvalue weighted by atomic mass is 10.1. The number of benzene rings is 1. The molecule has 0 spiro atoms. The van der Waals surface area contributed by atoms with Gasteiger partial charge in [-0.05, 0) is 31.2 Å². The predicted octanol–water partition coefficient (Wildman–Crippen LogP) is 2.44. The third kappa shape index (κ3) is 3.64. The van der Waals surface area contributed by atoms with Gasteiger partial charge >= 0.3 is 6.18 Å². The number of hydrogen-bond donors (Lipinski definition) is 1. The first-order valence-corrected chi connectivity index (χ1v) is 4.26. The quantitative estimate of drug-likeness (QED) is 0.657. The first-order chi connectivity index (χ1) is 6.89. The summed E-state index contributed by atoms with van der Waals surface area (Å²) in [5.41, 5.74) is -0.256. The Hall–Kier alpha value is -1.47. The van der Waals surface area contributed by atoms with Crippen LogP contribution < -0.4 is 0 Å². The summed E-state index contributed by atoms with van der Waals surface area (Å²) in [4.78, 5) is 0. The van der Waals surface area contributed by atoms with E-state index in [1.807, 2.05) is 0 Å². The molecule has 0 aliphatic rings. The lowest BCUT2D eigenvalue weighted by Crippen LogP contribution is -2.04. The van der Waals surface area contributed by atoms with Crippen LogP contribution in [-0.2, 0) is 6.18 Å². The van der Waals surface area contributed by atoms with Crippen molar-refractivity contribution in [2.75, 3.05) is 0 Å². The summed E-state index contributed by atoms with van der Waals surface area (Å²) >= 11 is 0. The van der Waals surface area contributed by atoms with E-state index in [1.165, 1.54) is 19.1 Å². The standard InChI is InChI=1S/C11H9F3O/c1-8(15)2-3-9-4-6-10(7-5-9)11(12,13)14/h4-8,15H,1H3. The molecular formula is C11H9F3O. The lowest BCUT2D eigenvalue weighted by molar-refractivity contribution is -0.137. The Morgan fingerprint density at radius 3 is 2.13 bits per heavy atom. The van der Waals surface area contributed by atoms with Gasteiger partial charge < -0.3 is 5.11 Å². The Kier molecular flexibility index (Phi) is 3.38. The maximum atomic E-state index is 12.2. The molecule has 0 aliphatic carbocycles. The van der Waals surface area contributed by atoms with Gasteiger partial charge in [0.25, 0.3) is 0 Å². The van der Waals surface area contributed by atoms with Gasteiger partial charge in [0, 0.05) is 5.56 Å². The van der Waals surface area contributed by atoms with Crippen molar-refractivity contribution < 1.29 is 18.3 Å². The van der Waals surface area contributed by atoms with Crippen molar-refractivity contribution in [1.29, 1.82) is 0 Å². The van der Waals surface area contributed by atoms with Crippen molar-refractivity contribution in [3.05, 3.63) is 35.4 Å². The molecule has 15 heavy (non-hydrogen) atoms. The molecule has 1 nitrogen and oxygen atoms in total. The monoisotopic (exact) mass is 214 g/mol. The maximum absolute atomic E-state index is 12.2. The Morgan fingerprint density at radius 1 is 1.20 bits per heavy atom. The molecule has 0 aliphatic heterocycles. The molecule has 0 heterocycles. The summed E-state index contributed by atoms with van der Waals surface area (Å²) in [6.07, 6.45) is -5.11. The second kappa shape index (κ2) is 4.37. The highest BCUT2D eigenvalue weighted by atomic mass is 19.4. The van der Waals surface area contributed by atoms with Crippen LogP contribution in [0.4, 0.5) is 13.2 Å². The number of halogens is 3. The van der Waals surface area contributed by atoms with Crippen LogP contribution in [0.2, 0.25) is 0 Å². The first-order valence-electron chi connectivity index (χ1n) is 4.26. The van der Waals surface area contributed by atoms with Crippen molar-refractivity contribution in [2.24, 2.45) is 0 Å². The van der Waals surface area contributed by atoms with E-state index < -0.39 is 17.8 Å². The van der Waals surface area contributed by atoms with Gasteiger partial charge in [0.15, 0.2) is 0 Å². The zero-order valence-corrected chi connectivity index (χ0v) is 7.97. The summed E-state index contributed by atoms with van der Waals surface area (Å²) in [6.45, 7) is 1.48. The number of aliphatic hydroxyl groups excluding tert-OH is 1. The van der Waals surface area contributed by atoms with E-state index in [9.17, 15) is 13.2 Å². The third-order valence-electron chi connectivity index (χ3n) is 1.64. The van der Waals surface area contributed by atoms with E-state index in [4.69, 9.17) is 5.11 Å². The number of hydrogen-bond acceptors (Lipinski definition) is 1. The van der Waals surface area contributed by atoms with Crippen LogP contribution in [0.15, 0.2) is 24.3 Å². The first kappa shape index (κ1) is 11.6. The van der Waals surface area contributed by atoms with E-state index in [0.717, 1.165) is 12.1 Å². The lowest BCUT2D eigenvalue weighted by Gasteiger charge is -2.05. The maximum Gasteiger partial charge on any atom is 0.416 e. The summed E-state index contributed by atoms with van der Waals surface area (Å²) in [5.74, 6) is 5.00. The molecule has 0 aromatic heterocycles. The van der Waals surface area contributed by atoms with E-state index in [1.54, 1.807) is 0 Å². The summed E-state index contributed by atoms with van der Waals surface area (Å²) in [6, 6.07) is 4.48. The Bertz CT molecular complexity index is 379. The van der Waals surface area contributed by atoms with E-state index in [0.29, 0.717) is 5.56 Å². The summed E-state index contributed by atoms with van der Waals surface area (Å²) < 4.78 is 36.5. The SMILES string of the molecule is CC(O)C#Cc1ccc(C(F)(F)F)cc1. The van der Waals surface area contributed by atoms with Gasteiger partial charge in [0.1, 0.15) is 6.10 Å². The van der Waals surface area contributed by atoms with E-state index >= 15 is 0 Å². The fourth-order valence-electron chi connectivity index (χ4n) is 0.930. The molecule has 1 rings (SSSR count). The van der Waals surface area contributed by atoms with Crippen LogP contribution in [0.3, 0.4) is 0 Å². The van der Waals surface area contributed by atoms with Crippen LogP contribution in [-0.4, -0.2) is 11.2 Å². The van der Waals surface area contributed by atoms with E-state index in [2.05, 4.69) is 11.8 Å². The zero-order valence-electron chi connectivity index (χ0n) is 7.97. The van der Waals surface area contributed by atoms with Gasteiger partial charge in [-0.2, -0.15) is 13.2 Å². The molecule has 1 aromatic rings. The Morgan fingerprint density at radius 2 is 1.73 bits per heavy atom. The van der Waals surface area contributed by atoms with Crippen molar-refractivity contribution in [3.63, 3.8) is 0 Å². The van der Waals surface area contributed by atoms with Crippen LogP contribution in [0.5, 0.6) is 0 Å². The molecule has 0 radical (unpaired) electrons. The molecule has 1 aromatic carbocycles. The average molecular weight is 214 g/mol. The molecule has 0 saturated carbocycles. The highest BCUT2D eigenvalue weighted by Gasteiger charge is 2.29. The van der Waals surface area contributed by atoms with Crippen molar-refractivity contribution in [2.45, 2.75) is 19.2 Å². The predicted molar refractivity (Wildman–Crippen MR) is 50.0 cm³/mol. The molecule has 1 unspecified atom stereocenters. The van der Waals surface area contributed by atoms with Crippen molar-refractivity contribution >= 4 is 0 Å². The number of rotatable bonds is 0. The molecule has 1 atom stereocenters. The highest BCUT2D eigenvalue weighted by molar-refractivity contribution is 5.37. The highest BCUT2D eigenvalue weighted by Crippen LogP contribution is 2.28. The summed E-state index contributed by atoms with van der Waals surface area (Å²) in [7, 11) is 0. The van der Waals surface area contributed by atoms with Crippen molar-refractivity contribution in [1.82, 2.24) is 0 Å². The minimum atomic E-state index is -4.32. The van der Waals surface area contributed by atoms with Gasteiger partial charge in [0.05, 0.1) is 5.56 Å². The van der Waals surface area contributed by atoms with Crippen LogP contribution in [0, 0.1) is 11.8 Å². The van der Waals surface area contributed by atoms with Gasteiger partial charge in [-0.1, -0.05) is 11.8 Å². The normalized spacial score (nSPS) is 12.9.